The molecule has 1 aromatic heterocycles. The van der Waals surface area contributed by atoms with E-state index >= 15 is 0 Å². The van der Waals surface area contributed by atoms with Gasteiger partial charge < -0.3 is 14.7 Å². The topological polar surface area (TPSA) is 61.6 Å². The van der Waals surface area contributed by atoms with Gasteiger partial charge in [0, 0.05) is 19.2 Å². The highest BCUT2D eigenvalue weighted by molar-refractivity contribution is 5.93. The van der Waals surface area contributed by atoms with E-state index in [4.69, 9.17) is 4.52 Å². The average Bonchev–Trinajstić information content (AvgIpc) is 3.01. The summed E-state index contributed by atoms with van der Waals surface area (Å²) in [5, 5.41) is 6.71. The molecule has 0 spiro atoms. The molecule has 2 aliphatic heterocycles. The van der Waals surface area contributed by atoms with Crippen LogP contribution < -0.4 is 5.32 Å². The van der Waals surface area contributed by atoms with Crippen molar-refractivity contribution < 1.29 is 9.32 Å². The fourth-order valence-corrected chi connectivity index (χ4v) is 4.03. The lowest BCUT2D eigenvalue weighted by molar-refractivity contribution is -0.121. The summed E-state index contributed by atoms with van der Waals surface area (Å²) in [6.07, 6.45) is 5.10. The van der Waals surface area contributed by atoms with Crippen molar-refractivity contribution in [3.05, 3.63) is 11.8 Å². The zero-order valence-corrected chi connectivity index (χ0v) is 15.8. The van der Waals surface area contributed by atoms with Crippen LogP contribution in [0.1, 0.15) is 45.3 Å². The van der Waals surface area contributed by atoms with Gasteiger partial charge in [0.05, 0.1) is 6.04 Å². The average molecular weight is 348 g/mol. The zero-order chi connectivity index (χ0) is 17.8. The summed E-state index contributed by atoms with van der Waals surface area (Å²) in [6.45, 7) is 11.8. The Morgan fingerprint density at radius 2 is 2.12 bits per heavy atom. The first-order valence-corrected chi connectivity index (χ1v) is 9.72. The molecule has 6 heteroatoms. The Morgan fingerprint density at radius 3 is 2.80 bits per heavy atom. The highest BCUT2D eigenvalue weighted by Crippen LogP contribution is 2.23. The van der Waals surface area contributed by atoms with E-state index < -0.39 is 0 Å². The van der Waals surface area contributed by atoms with E-state index in [-0.39, 0.29) is 11.9 Å². The number of aromatic nitrogens is 1. The Bertz CT molecular complexity index is 566. The third-order valence-electron chi connectivity index (χ3n) is 5.75. The quantitative estimate of drug-likeness (QED) is 0.886. The van der Waals surface area contributed by atoms with Gasteiger partial charge >= 0.3 is 0 Å². The van der Waals surface area contributed by atoms with Gasteiger partial charge in [-0.1, -0.05) is 12.1 Å². The first kappa shape index (κ1) is 18.4. The van der Waals surface area contributed by atoms with Crippen LogP contribution in [0, 0.1) is 18.8 Å². The number of amides is 1. The number of nitrogens with zero attached hydrogens (tertiary/aromatic N) is 3. The van der Waals surface area contributed by atoms with Gasteiger partial charge in [-0.25, -0.2) is 0 Å². The van der Waals surface area contributed by atoms with Crippen molar-refractivity contribution in [2.45, 2.75) is 52.5 Å². The van der Waals surface area contributed by atoms with Crippen molar-refractivity contribution in [3.8, 4) is 0 Å². The fraction of sp³-hybridized carbons (Fsp3) is 0.789. The predicted molar refractivity (Wildman–Crippen MR) is 98.5 cm³/mol. The van der Waals surface area contributed by atoms with Crippen LogP contribution in [0.25, 0.3) is 0 Å². The first-order chi connectivity index (χ1) is 12.0. The van der Waals surface area contributed by atoms with Crippen molar-refractivity contribution in [1.82, 2.24) is 15.0 Å². The van der Waals surface area contributed by atoms with Crippen LogP contribution in [-0.2, 0) is 4.79 Å². The standard InChI is InChI=1S/C19H32N4O2/c1-14-6-9-22(10-7-14)12-17-5-4-8-23(13-17)16(3)19(24)20-18-11-15(2)25-21-18/h11,14,16-17H,4-10,12-13H2,1-3H3,(H,20,21,24)/t16-,17-/m1/s1. The Kier molecular flexibility index (Phi) is 6.12. The largest absolute Gasteiger partial charge is 0.360 e. The van der Waals surface area contributed by atoms with Gasteiger partial charge in [-0.05, 0) is 71.0 Å². The summed E-state index contributed by atoms with van der Waals surface area (Å²) in [5.41, 5.74) is 0. The van der Waals surface area contributed by atoms with Crippen LogP contribution in [0.15, 0.2) is 10.6 Å². The molecule has 2 saturated heterocycles. The third kappa shape index (κ3) is 5.05. The number of aryl methyl sites for hydroxylation is 1. The molecule has 0 unspecified atom stereocenters. The van der Waals surface area contributed by atoms with Crippen molar-refractivity contribution >= 4 is 11.7 Å². The van der Waals surface area contributed by atoms with E-state index in [1.165, 1.54) is 45.3 Å². The normalized spacial score (nSPS) is 25.0. The molecule has 1 aromatic rings. The number of anilines is 1. The molecule has 0 bridgehead atoms. The molecule has 6 nitrogen and oxygen atoms in total. The molecule has 140 valence electrons. The van der Waals surface area contributed by atoms with Crippen LogP contribution in [0.3, 0.4) is 0 Å². The molecular weight excluding hydrogens is 316 g/mol. The highest BCUT2D eigenvalue weighted by atomic mass is 16.5. The van der Waals surface area contributed by atoms with Crippen molar-refractivity contribution in [3.63, 3.8) is 0 Å². The Labute approximate surface area is 150 Å². The maximum atomic E-state index is 12.5. The lowest BCUT2D eigenvalue weighted by Gasteiger charge is -2.39. The number of carbonyl (C=O) groups is 1. The van der Waals surface area contributed by atoms with Gasteiger partial charge in [0.2, 0.25) is 5.91 Å². The molecular formula is C19H32N4O2. The molecule has 3 rings (SSSR count). The third-order valence-corrected chi connectivity index (χ3v) is 5.75. The van der Waals surface area contributed by atoms with Crippen molar-refractivity contribution in [2.75, 3.05) is 38.0 Å². The van der Waals surface area contributed by atoms with Gasteiger partial charge in [0.15, 0.2) is 5.82 Å². The van der Waals surface area contributed by atoms with E-state index in [0.717, 1.165) is 19.0 Å². The number of carbonyl (C=O) groups excluding carboxylic acids is 1. The van der Waals surface area contributed by atoms with E-state index in [2.05, 4.69) is 27.2 Å². The summed E-state index contributed by atoms with van der Waals surface area (Å²) in [6, 6.07) is 1.61. The predicted octanol–water partition coefficient (Wildman–Crippen LogP) is 2.75. The first-order valence-electron chi connectivity index (χ1n) is 9.72. The summed E-state index contributed by atoms with van der Waals surface area (Å²) in [7, 11) is 0. The van der Waals surface area contributed by atoms with Crippen LogP contribution in [0.5, 0.6) is 0 Å². The van der Waals surface area contributed by atoms with Crippen LogP contribution >= 0.6 is 0 Å². The molecule has 1 N–H and O–H groups in total. The second-order valence-electron chi connectivity index (χ2n) is 7.97. The molecule has 3 heterocycles. The van der Waals surface area contributed by atoms with E-state index in [1.54, 1.807) is 6.07 Å². The smallest absolute Gasteiger partial charge is 0.242 e. The molecule has 0 saturated carbocycles. The fourth-order valence-electron chi connectivity index (χ4n) is 4.03. The minimum Gasteiger partial charge on any atom is -0.360 e. The van der Waals surface area contributed by atoms with Gasteiger partial charge in [0.1, 0.15) is 5.76 Å². The number of likely N-dealkylation sites (tertiary alicyclic amines) is 2. The van der Waals surface area contributed by atoms with Gasteiger partial charge in [-0.3, -0.25) is 9.69 Å². The lowest BCUT2D eigenvalue weighted by atomic mass is 9.93. The molecule has 2 atom stereocenters. The number of rotatable bonds is 5. The molecule has 1 amide bonds. The minimum atomic E-state index is -0.138. The van der Waals surface area contributed by atoms with Gasteiger partial charge in [-0.15, -0.1) is 0 Å². The van der Waals surface area contributed by atoms with Gasteiger partial charge in [-0.2, -0.15) is 0 Å². The monoisotopic (exact) mass is 348 g/mol. The Morgan fingerprint density at radius 1 is 1.36 bits per heavy atom. The Hall–Kier alpha value is -1.40. The summed E-state index contributed by atoms with van der Waals surface area (Å²) in [4.78, 5) is 17.5. The number of hydrogen-bond acceptors (Lipinski definition) is 5. The molecule has 0 aromatic carbocycles. The van der Waals surface area contributed by atoms with Gasteiger partial charge in [0.25, 0.3) is 0 Å². The maximum Gasteiger partial charge on any atom is 0.242 e. The molecule has 25 heavy (non-hydrogen) atoms. The zero-order valence-electron chi connectivity index (χ0n) is 15.8. The minimum absolute atomic E-state index is 0.000692. The summed E-state index contributed by atoms with van der Waals surface area (Å²) in [5.74, 6) is 2.76. The van der Waals surface area contributed by atoms with Crippen molar-refractivity contribution in [1.29, 1.82) is 0 Å². The van der Waals surface area contributed by atoms with Crippen LogP contribution in [0.4, 0.5) is 5.82 Å². The summed E-state index contributed by atoms with van der Waals surface area (Å²) >= 11 is 0. The molecule has 0 aliphatic carbocycles. The van der Waals surface area contributed by atoms with E-state index in [0.29, 0.717) is 17.5 Å². The van der Waals surface area contributed by atoms with E-state index in [9.17, 15) is 4.79 Å². The Balaban J connectivity index is 1.49. The molecule has 2 fully saturated rings. The van der Waals surface area contributed by atoms with Crippen LogP contribution in [0.2, 0.25) is 0 Å². The number of nitrogens with one attached hydrogen (secondary N) is 1. The second kappa shape index (κ2) is 8.32. The highest BCUT2D eigenvalue weighted by Gasteiger charge is 2.29. The molecule has 0 radical (unpaired) electrons. The lowest BCUT2D eigenvalue weighted by Crippen LogP contribution is -2.49. The number of hydrogen-bond donors (Lipinski definition) is 1. The van der Waals surface area contributed by atoms with E-state index in [1.807, 2.05) is 13.8 Å². The molecule has 2 aliphatic rings. The summed E-state index contributed by atoms with van der Waals surface area (Å²) < 4.78 is 5.02. The maximum absolute atomic E-state index is 12.5. The number of piperidine rings is 2. The SMILES string of the molecule is Cc1cc(NC(=O)[C@@H](C)N2CCC[C@H](CN3CCC(C)CC3)C2)no1. The second-order valence-corrected chi connectivity index (χ2v) is 7.97. The van der Waals surface area contributed by atoms with Crippen molar-refractivity contribution in [2.24, 2.45) is 11.8 Å². The van der Waals surface area contributed by atoms with Crippen LogP contribution in [-0.4, -0.2) is 59.6 Å².